The van der Waals surface area contributed by atoms with Crippen LogP contribution >= 0.6 is 0 Å². The largest absolute Gasteiger partial charge is 0.300 e. The molecule has 1 heteroatoms. The highest BCUT2D eigenvalue weighted by atomic mass is 16.1. The zero-order valence-corrected chi connectivity index (χ0v) is 17.5. The average Bonchev–Trinajstić information content (AvgIpc) is 2.62. The Bertz CT molecular complexity index is 292. The van der Waals surface area contributed by atoms with Crippen LogP contribution in [0.25, 0.3) is 0 Å². The summed E-state index contributed by atoms with van der Waals surface area (Å²) < 4.78 is 0. The van der Waals surface area contributed by atoms with Crippen molar-refractivity contribution < 1.29 is 4.79 Å². The number of carbonyl (C=O) groups excluding carboxylic acids is 1. The van der Waals surface area contributed by atoms with E-state index in [1.165, 1.54) is 96.3 Å². The van der Waals surface area contributed by atoms with E-state index in [0.717, 1.165) is 25.7 Å². The highest BCUT2D eigenvalue weighted by Gasteiger charge is 2.00. The van der Waals surface area contributed by atoms with Crippen molar-refractivity contribution in [1.82, 2.24) is 0 Å². The Morgan fingerprint density at radius 3 is 1.52 bits per heavy atom. The molecule has 0 aromatic heterocycles. The second kappa shape index (κ2) is 21.5. The van der Waals surface area contributed by atoms with Crippen molar-refractivity contribution in [2.24, 2.45) is 0 Å². The number of allylic oxidation sites excluding steroid dienone is 2. The van der Waals surface area contributed by atoms with Crippen molar-refractivity contribution in [3.05, 3.63) is 12.2 Å². The fourth-order valence-electron chi connectivity index (χ4n) is 3.28. The van der Waals surface area contributed by atoms with Gasteiger partial charge in [-0.25, -0.2) is 0 Å². The third kappa shape index (κ3) is 21.4. The van der Waals surface area contributed by atoms with E-state index < -0.39 is 0 Å². The number of unbranched alkanes of at least 4 members (excludes halogenated alkanes) is 14. The van der Waals surface area contributed by atoms with Gasteiger partial charge in [0.05, 0.1) is 0 Å². The fourth-order valence-corrected chi connectivity index (χ4v) is 3.28. The minimum Gasteiger partial charge on any atom is -0.300 e. The molecular weight excluding hydrogens is 304 g/mol. The molecule has 0 heterocycles. The Morgan fingerprint density at radius 2 is 0.960 bits per heavy atom. The summed E-state index contributed by atoms with van der Waals surface area (Å²) in [7, 11) is 0. The highest BCUT2D eigenvalue weighted by molar-refractivity contribution is 5.78. The molecule has 0 aliphatic rings. The molecular formula is C24H46O. The maximum atomic E-state index is 11.8. The van der Waals surface area contributed by atoms with Crippen LogP contribution in [0.3, 0.4) is 0 Å². The lowest BCUT2D eigenvalue weighted by molar-refractivity contribution is -0.119. The summed E-state index contributed by atoms with van der Waals surface area (Å²) in [6.45, 7) is 4.51. The first-order valence-electron chi connectivity index (χ1n) is 11.5. The van der Waals surface area contributed by atoms with E-state index in [-0.39, 0.29) is 0 Å². The number of hydrogen-bond acceptors (Lipinski definition) is 1. The van der Waals surface area contributed by atoms with E-state index in [0.29, 0.717) is 5.78 Å². The average molecular weight is 351 g/mol. The van der Waals surface area contributed by atoms with Gasteiger partial charge in [0.2, 0.25) is 0 Å². The molecule has 0 amide bonds. The van der Waals surface area contributed by atoms with Crippen LogP contribution < -0.4 is 0 Å². The van der Waals surface area contributed by atoms with Crippen molar-refractivity contribution in [2.45, 2.75) is 136 Å². The Kier molecular flexibility index (Phi) is 20.9. The van der Waals surface area contributed by atoms with Crippen LogP contribution in [0.5, 0.6) is 0 Å². The van der Waals surface area contributed by atoms with Gasteiger partial charge in [0.1, 0.15) is 5.78 Å². The molecule has 0 atom stereocenters. The maximum Gasteiger partial charge on any atom is 0.133 e. The molecule has 0 aromatic rings. The van der Waals surface area contributed by atoms with Gasteiger partial charge in [0.25, 0.3) is 0 Å². The number of carbonyl (C=O) groups is 1. The monoisotopic (exact) mass is 350 g/mol. The van der Waals surface area contributed by atoms with Gasteiger partial charge in [-0.1, -0.05) is 109 Å². The predicted molar refractivity (Wildman–Crippen MR) is 113 cm³/mol. The van der Waals surface area contributed by atoms with Crippen LogP contribution in [-0.2, 0) is 4.79 Å². The van der Waals surface area contributed by atoms with Gasteiger partial charge in [-0.2, -0.15) is 0 Å². The summed E-state index contributed by atoms with van der Waals surface area (Å²) in [4.78, 5) is 11.8. The minimum atomic E-state index is 0.463. The Hall–Kier alpha value is -0.590. The molecule has 0 radical (unpaired) electrons. The SMILES string of the molecule is CCCCC/C=C\CCC(=O)CCCCCCCCCCCCCC. The lowest BCUT2D eigenvalue weighted by Gasteiger charge is -2.03. The van der Waals surface area contributed by atoms with Crippen molar-refractivity contribution in [3.63, 3.8) is 0 Å². The third-order valence-electron chi connectivity index (χ3n) is 5.04. The molecule has 148 valence electrons. The highest BCUT2D eigenvalue weighted by Crippen LogP contribution is 2.13. The summed E-state index contributed by atoms with van der Waals surface area (Å²) >= 11 is 0. The van der Waals surface area contributed by atoms with E-state index in [9.17, 15) is 4.79 Å². The Labute approximate surface area is 159 Å². The van der Waals surface area contributed by atoms with E-state index >= 15 is 0 Å². The first-order chi connectivity index (χ1) is 12.3. The number of ketones is 1. The van der Waals surface area contributed by atoms with Gasteiger partial charge >= 0.3 is 0 Å². The molecule has 0 aromatic carbocycles. The molecule has 25 heavy (non-hydrogen) atoms. The van der Waals surface area contributed by atoms with E-state index in [1.54, 1.807) is 0 Å². The summed E-state index contributed by atoms with van der Waals surface area (Å²) in [5, 5.41) is 0. The van der Waals surface area contributed by atoms with Crippen molar-refractivity contribution in [3.8, 4) is 0 Å². The van der Waals surface area contributed by atoms with Crippen LogP contribution in [0.15, 0.2) is 12.2 Å². The molecule has 0 N–H and O–H groups in total. The van der Waals surface area contributed by atoms with Gasteiger partial charge in [-0.05, 0) is 25.7 Å². The van der Waals surface area contributed by atoms with Crippen LogP contribution in [-0.4, -0.2) is 5.78 Å². The Balaban J connectivity index is 3.19. The first-order valence-corrected chi connectivity index (χ1v) is 11.5. The third-order valence-corrected chi connectivity index (χ3v) is 5.04. The summed E-state index contributed by atoms with van der Waals surface area (Å²) in [5.41, 5.74) is 0. The van der Waals surface area contributed by atoms with Crippen molar-refractivity contribution in [2.75, 3.05) is 0 Å². The molecule has 0 spiro atoms. The standard InChI is InChI=1S/C24H46O/c1-3-5-7-9-11-12-13-14-15-17-19-21-23-24(25)22-20-18-16-10-8-6-4-2/h16,18H,3-15,17,19-23H2,1-2H3/b18-16-. The zero-order valence-electron chi connectivity index (χ0n) is 17.5. The van der Waals surface area contributed by atoms with Crippen LogP contribution in [0, 0.1) is 0 Å². The molecule has 0 fully saturated rings. The lowest BCUT2D eigenvalue weighted by Crippen LogP contribution is -1.96. The lowest BCUT2D eigenvalue weighted by atomic mass is 10.0. The van der Waals surface area contributed by atoms with Gasteiger partial charge in [-0.3, -0.25) is 4.79 Å². The number of hydrogen-bond donors (Lipinski definition) is 0. The molecule has 0 aliphatic carbocycles. The van der Waals surface area contributed by atoms with Crippen molar-refractivity contribution >= 4 is 5.78 Å². The summed E-state index contributed by atoms with van der Waals surface area (Å²) in [5.74, 6) is 0.463. The van der Waals surface area contributed by atoms with Gasteiger partial charge in [0.15, 0.2) is 0 Å². The summed E-state index contributed by atoms with van der Waals surface area (Å²) in [6.07, 6.45) is 28.4. The smallest absolute Gasteiger partial charge is 0.133 e. The van der Waals surface area contributed by atoms with Crippen LogP contribution in [0.2, 0.25) is 0 Å². The topological polar surface area (TPSA) is 17.1 Å². The van der Waals surface area contributed by atoms with Crippen molar-refractivity contribution in [1.29, 1.82) is 0 Å². The quantitative estimate of drug-likeness (QED) is 0.159. The fraction of sp³-hybridized carbons (Fsp3) is 0.875. The second-order valence-corrected chi connectivity index (χ2v) is 7.68. The molecule has 0 rings (SSSR count). The second-order valence-electron chi connectivity index (χ2n) is 7.68. The molecule has 1 nitrogen and oxygen atoms in total. The number of rotatable bonds is 20. The Morgan fingerprint density at radius 1 is 0.520 bits per heavy atom. The molecule has 0 aliphatic heterocycles. The number of Topliss-reactive ketones (excluding diaryl/α,β-unsaturated/α-hetero) is 1. The minimum absolute atomic E-state index is 0.463. The molecule has 0 saturated heterocycles. The molecule has 0 saturated carbocycles. The predicted octanol–water partition coefficient (Wildman–Crippen LogP) is 8.56. The van der Waals surface area contributed by atoms with Gasteiger partial charge in [0, 0.05) is 12.8 Å². The first kappa shape index (κ1) is 24.4. The van der Waals surface area contributed by atoms with Crippen LogP contribution in [0.1, 0.15) is 136 Å². The molecule has 0 bridgehead atoms. The summed E-state index contributed by atoms with van der Waals surface area (Å²) in [6, 6.07) is 0. The normalized spacial score (nSPS) is 11.4. The van der Waals surface area contributed by atoms with Gasteiger partial charge < -0.3 is 0 Å². The van der Waals surface area contributed by atoms with Gasteiger partial charge in [-0.15, -0.1) is 0 Å². The molecule has 0 unspecified atom stereocenters. The van der Waals surface area contributed by atoms with Crippen LogP contribution in [0.4, 0.5) is 0 Å². The maximum absolute atomic E-state index is 11.8. The van der Waals surface area contributed by atoms with E-state index in [1.807, 2.05) is 0 Å². The van der Waals surface area contributed by atoms with E-state index in [4.69, 9.17) is 0 Å². The van der Waals surface area contributed by atoms with E-state index in [2.05, 4.69) is 26.0 Å². The zero-order chi connectivity index (χ0) is 18.4.